The number of hydrogen-bond donors (Lipinski definition) is 2. The zero-order chi connectivity index (χ0) is 12.4. The van der Waals surface area contributed by atoms with E-state index in [9.17, 15) is 18.8 Å². The van der Waals surface area contributed by atoms with Crippen LogP contribution < -0.4 is 10.6 Å². The van der Waals surface area contributed by atoms with Crippen LogP contribution in [0.3, 0.4) is 0 Å². The fraction of sp³-hybridized carbons (Fsp3) is 0.182. The zero-order valence-electron chi connectivity index (χ0n) is 8.70. The average Bonchev–Trinajstić information content (AvgIpc) is 2.57. The summed E-state index contributed by atoms with van der Waals surface area (Å²) in [6, 6.07) is 4.21. The molecule has 1 aromatic carbocycles. The molecule has 1 unspecified atom stereocenters. The van der Waals surface area contributed by atoms with Gasteiger partial charge in [-0.15, -0.1) is 0 Å². The maximum Gasteiger partial charge on any atom is 0.252 e. The third-order valence-corrected chi connectivity index (χ3v) is 2.36. The maximum absolute atomic E-state index is 12.9. The first kappa shape index (κ1) is 11.3. The van der Waals surface area contributed by atoms with Gasteiger partial charge in [-0.2, -0.15) is 0 Å². The number of amides is 3. The van der Waals surface area contributed by atoms with Crippen LogP contribution in [0.2, 0.25) is 0 Å². The van der Waals surface area contributed by atoms with Crippen LogP contribution in [0.15, 0.2) is 24.3 Å². The first-order chi connectivity index (χ1) is 8.06. The van der Waals surface area contributed by atoms with Gasteiger partial charge in [-0.3, -0.25) is 19.7 Å². The standard InChI is InChI=1S/C11H9FN2O3/c12-7-3-1-2-6(4-7)10(16)13-8-5-9(15)14-11(8)17/h1-4,8H,5H2,(H,13,16)(H,14,15,17). The van der Waals surface area contributed by atoms with E-state index in [2.05, 4.69) is 10.6 Å². The predicted octanol–water partition coefficient (Wildman–Crippen LogP) is -0.0294. The summed E-state index contributed by atoms with van der Waals surface area (Å²) >= 11 is 0. The highest BCUT2D eigenvalue weighted by Crippen LogP contribution is 2.06. The van der Waals surface area contributed by atoms with E-state index < -0.39 is 29.6 Å². The summed E-state index contributed by atoms with van der Waals surface area (Å²) in [7, 11) is 0. The first-order valence-electron chi connectivity index (χ1n) is 4.96. The molecule has 0 bridgehead atoms. The fourth-order valence-corrected chi connectivity index (χ4v) is 1.54. The molecule has 5 nitrogen and oxygen atoms in total. The summed E-state index contributed by atoms with van der Waals surface area (Å²) in [5.41, 5.74) is 0.108. The summed E-state index contributed by atoms with van der Waals surface area (Å²) in [5.74, 6) is -2.09. The van der Waals surface area contributed by atoms with Gasteiger partial charge in [0.1, 0.15) is 11.9 Å². The van der Waals surface area contributed by atoms with E-state index in [1.807, 2.05) is 0 Å². The molecule has 0 spiro atoms. The molecule has 1 heterocycles. The summed E-state index contributed by atoms with van der Waals surface area (Å²) in [5, 5.41) is 4.43. The van der Waals surface area contributed by atoms with Crippen LogP contribution >= 0.6 is 0 Å². The molecular formula is C11H9FN2O3. The van der Waals surface area contributed by atoms with Crippen LogP contribution in [-0.2, 0) is 9.59 Å². The topological polar surface area (TPSA) is 75.3 Å². The second-order valence-corrected chi connectivity index (χ2v) is 3.65. The minimum atomic E-state index is -0.877. The number of halogens is 1. The predicted molar refractivity (Wildman–Crippen MR) is 55.4 cm³/mol. The highest BCUT2D eigenvalue weighted by atomic mass is 19.1. The van der Waals surface area contributed by atoms with E-state index >= 15 is 0 Å². The van der Waals surface area contributed by atoms with Crippen molar-refractivity contribution in [3.05, 3.63) is 35.6 Å². The zero-order valence-corrected chi connectivity index (χ0v) is 8.70. The van der Waals surface area contributed by atoms with Gasteiger partial charge in [0.25, 0.3) is 5.91 Å². The monoisotopic (exact) mass is 236 g/mol. The van der Waals surface area contributed by atoms with E-state index in [0.29, 0.717) is 0 Å². The van der Waals surface area contributed by atoms with Gasteiger partial charge in [-0.25, -0.2) is 4.39 Å². The number of imide groups is 1. The SMILES string of the molecule is O=C1CC(NC(=O)c2cccc(F)c2)C(=O)N1. The van der Waals surface area contributed by atoms with Crippen LogP contribution in [0.5, 0.6) is 0 Å². The van der Waals surface area contributed by atoms with Crippen LogP contribution in [-0.4, -0.2) is 23.8 Å². The Hall–Kier alpha value is -2.24. The molecule has 1 fully saturated rings. The molecule has 1 aliphatic rings. The van der Waals surface area contributed by atoms with E-state index in [4.69, 9.17) is 0 Å². The molecule has 0 aromatic heterocycles. The van der Waals surface area contributed by atoms with E-state index in [1.165, 1.54) is 18.2 Å². The Morgan fingerprint density at radius 2 is 2.18 bits per heavy atom. The lowest BCUT2D eigenvalue weighted by Gasteiger charge is -2.08. The lowest BCUT2D eigenvalue weighted by atomic mass is 10.2. The molecule has 1 saturated heterocycles. The number of rotatable bonds is 2. The molecule has 1 atom stereocenters. The molecule has 88 valence electrons. The Kier molecular flexibility index (Phi) is 2.86. The number of carbonyl (C=O) groups is 3. The summed E-state index contributed by atoms with van der Waals surface area (Å²) in [6.45, 7) is 0. The minimum Gasteiger partial charge on any atom is -0.340 e. The lowest BCUT2D eigenvalue weighted by Crippen LogP contribution is -2.40. The van der Waals surface area contributed by atoms with Crippen molar-refractivity contribution in [3.8, 4) is 0 Å². The van der Waals surface area contributed by atoms with Gasteiger partial charge in [0.2, 0.25) is 11.8 Å². The lowest BCUT2D eigenvalue weighted by molar-refractivity contribution is -0.125. The molecule has 1 aliphatic heterocycles. The molecular weight excluding hydrogens is 227 g/mol. The van der Waals surface area contributed by atoms with Gasteiger partial charge in [0.15, 0.2) is 0 Å². The van der Waals surface area contributed by atoms with Crippen molar-refractivity contribution in [1.82, 2.24) is 10.6 Å². The van der Waals surface area contributed by atoms with Crippen molar-refractivity contribution in [2.45, 2.75) is 12.5 Å². The molecule has 3 amide bonds. The van der Waals surface area contributed by atoms with Gasteiger partial charge in [-0.05, 0) is 18.2 Å². The second kappa shape index (κ2) is 4.32. The molecule has 0 radical (unpaired) electrons. The second-order valence-electron chi connectivity index (χ2n) is 3.65. The van der Waals surface area contributed by atoms with E-state index in [0.717, 1.165) is 6.07 Å². The first-order valence-corrected chi connectivity index (χ1v) is 4.96. The van der Waals surface area contributed by atoms with Gasteiger partial charge in [-0.1, -0.05) is 6.07 Å². The van der Waals surface area contributed by atoms with Crippen LogP contribution in [0.1, 0.15) is 16.8 Å². The van der Waals surface area contributed by atoms with Gasteiger partial charge in [0, 0.05) is 5.56 Å². The Bertz CT molecular complexity index is 501. The minimum absolute atomic E-state index is 0.0834. The van der Waals surface area contributed by atoms with Crippen LogP contribution in [0.4, 0.5) is 4.39 Å². The third-order valence-electron chi connectivity index (χ3n) is 2.36. The largest absolute Gasteiger partial charge is 0.340 e. The molecule has 0 saturated carbocycles. The summed E-state index contributed by atoms with van der Waals surface area (Å²) in [6.07, 6.45) is -0.0834. The summed E-state index contributed by atoms with van der Waals surface area (Å²) < 4.78 is 12.9. The van der Waals surface area contributed by atoms with Crippen LogP contribution in [0, 0.1) is 5.82 Å². The average molecular weight is 236 g/mol. The molecule has 0 aliphatic carbocycles. The molecule has 1 aromatic rings. The van der Waals surface area contributed by atoms with Crippen LogP contribution in [0.25, 0.3) is 0 Å². The Morgan fingerprint density at radius 3 is 2.76 bits per heavy atom. The van der Waals surface area contributed by atoms with Crippen molar-refractivity contribution in [2.24, 2.45) is 0 Å². The smallest absolute Gasteiger partial charge is 0.252 e. The number of benzene rings is 1. The van der Waals surface area contributed by atoms with Gasteiger partial charge >= 0.3 is 0 Å². The highest BCUT2D eigenvalue weighted by molar-refractivity contribution is 6.08. The van der Waals surface area contributed by atoms with Crippen molar-refractivity contribution in [2.75, 3.05) is 0 Å². The molecule has 6 heteroatoms. The number of nitrogens with one attached hydrogen (secondary N) is 2. The summed E-state index contributed by atoms with van der Waals surface area (Å²) in [4.78, 5) is 33.7. The number of hydrogen-bond acceptors (Lipinski definition) is 3. The van der Waals surface area contributed by atoms with Crippen molar-refractivity contribution >= 4 is 17.7 Å². The third kappa shape index (κ3) is 2.47. The van der Waals surface area contributed by atoms with Gasteiger partial charge < -0.3 is 5.32 Å². The van der Waals surface area contributed by atoms with Gasteiger partial charge in [0.05, 0.1) is 6.42 Å². The maximum atomic E-state index is 12.9. The van der Waals surface area contributed by atoms with E-state index in [-0.39, 0.29) is 12.0 Å². The number of carbonyl (C=O) groups excluding carboxylic acids is 3. The highest BCUT2D eigenvalue weighted by Gasteiger charge is 2.31. The molecule has 2 rings (SSSR count). The molecule has 17 heavy (non-hydrogen) atoms. The van der Waals surface area contributed by atoms with Crippen molar-refractivity contribution in [1.29, 1.82) is 0 Å². The Morgan fingerprint density at radius 1 is 1.41 bits per heavy atom. The van der Waals surface area contributed by atoms with E-state index in [1.54, 1.807) is 0 Å². The Balaban J connectivity index is 2.07. The Labute approximate surface area is 96.0 Å². The quantitative estimate of drug-likeness (QED) is 0.708. The fourth-order valence-electron chi connectivity index (χ4n) is 1.54. The normalized spacial score (nSPS) is 19.0. The molecule has 2 N–H and O–H groups in total. The van der Waals surface area contributed by atoms with Crippen molar-refractivity contribution < 1.29 is 18.8 Å². The van der Waals surface area contributed by atoms with Crippen molar-refractivity contribution in [3.63, 3.8) is 0 Å².